The number of imidazole rings is 1. The van der Waals surface area contributed by atoms with E-state index < -0.39 is 9.84 Å². The third kappa shape index (κ3) is 2.76. The highest BCUT2D eigenvalue weighted by atomic mass is 79.9. The van der Waals surface area contributed by atoms with Crippen LogP contribution in [-0.2, 0) is 15.6 Å². The average molecular weight is 409 g/mol. The standard InChI is InChI=1S/C16H13BrN2O4S/c17-11-8-15-14(22-5-6-23-15)7-10(11)9-24(20,21)16-18-12-3-1-2-4-13(12)19-16/h1-4,7-8H,5-6,9H2,(H,18,19). The monoisotopic (exact) mass is 408 g/mol. The van der Waals surface area contributed by atoms with Gasteiger partial charge in [0.1, 0.15) is 13.2 Å². The van der Waals surface area contributed by atoms with Crippen LogP contribution in [0.1, 0.15) is 5.56 Å². The predicted octanol–water partition coefficient (Wildman–Crippen LogP) is 3.07. The van der Waals surface area contributed by atoms with Gasteiger partial charge in [-0.1, -0.05) is 28.1 Å². The van der Waals surface area contributed by atoms with E-state index in [0.717, 1.165) is 0 Å². The highest BCUT2D eigenvalue weighted by Gasteiger charge is 2.23. The van der Waals surface area contributed by atoms with E-state index in [2.05, 4.69) is 25.9 Å². The molecule has 3 aromatic rings. The van der Waals surface area contributed by atoms with E-state index in [4.69, 9.17) is 9.47 Å². The molecular weight excluding hydrogens is 396 g/mol. The molecule has 0 radical (unpaired) electrons. The van der Waals surface area contributed by atoms with Gasteiger partial charge in [0, 0.05) is 4.47 Å². The fourth-order valence-corrected chi connectivity index (χ4v) is 4.50. The molecule has 0 bridgehead atoms. The van der Waals surface area contributed by atoms with E-state index in [0.29, 0.717) is 45.8 Å². The molecule has 0 aliphatic carbocycles. The molecule has 0 saturated heterocycles. The Morgan fingerprint density at radius 2 is 1.83 bits per heavy atom. The van der Waals surface area contributed by atoms with Gasteiger partial charge in [0.2, 0.25) is 15.0 Å². The van der Waals surface area contributed by atoms with Crippen LogP contribution in [-0.4, -0.2) is 31.6 Å². The van der Waals surface area contributed by atoms with Gasteiger partial charge in [-0.05, 0) is 29.8 Å². The van der Waals surface area contributed by atoms with Gasteiger partial charge in [0.05, 0.1) is 16.8 Å². The van der Waals surface area contributed by atoms with Crippen molar-refractivity contribution in [2.24, 2.45) is 0 Å². The summed E-state index contributed by atoms with van der Waals surface area (Å²) in [6.45, 7) is 0.931. The lowest BCUT2D eigenvalue weighted by atomic mass is 10.2. The molecule has 1 aliphatic heterocycles. The molecule has 8 heteroatoms. The Hall–Kier alpha value is -2.06. The highest BCUT2D eigenvalue weighted by Crippen LogP contribution is 2.36. The van der Waals surface area contributed by atoms with Crippen molar-refractivity contribution < 1.29 is 17.9 Å². The number of para-hydroxylation sites is 2. The predicted molar refractivity (Wildman–Crippen MR) is 92.1 cm³/mol. The first-order valence-corrected chi connectivity index (χ1v) is 9.73. The highest BCUT2D eigenvalue weighted by molar-refractivity contribution is 9.10. The van der Waals surface area contributed by atoms with Gasteiger partial charge in [-0.3, -0.25) is 0 Å². The summed E-state index contributed by atoms with van der Waals surface area (Å²) in [5.74, 6) is 0.974. The van der Waals surface area contributed by atoms with E-state index in [1.54, 1.807) is 24.3 Å². The Morgan fingerprint density at radius 3 is 2.58 bits per heavy atom. The fourth-order valence-electron chi connectivity index (χ4n) is 2.57. The second-order valence-electron chi connectivity index (χ2n) is 5.41. The molecule has 4 rings (SSSR count). The van der Waals surface area contributed by atoms with Crippen LogP contribution in [0.5, 0.6) is 11.5 Å². The van der Waals surface area contributed by atoms with E-state index in [9.17, 15) is 8.42 Å². The molecule has 24 heavy (non-hydrogen) atoms. The summed E-state index contributed by atoms with van der Waals surface area (Å²) in [6, 6.07) is 10.6. The molecule has 1 N–H and O–H groups in total. The summed E-state index contributed by atoms with van der Waals surface area (Å²) in [5, 5.41) is -0.0366. The Bertz CT molecular complexity index is 997. The molecule has 0 unspecified atom stereocenters. The van der Waals surface area contributed by atoms with E-state index in [-0.39, 0.29) is 10.9 Å². The Balaban J connectivity index is 1.71. The largest absolute Gasteiger partial charge is 0.486 e. The number of sulfone groups is 1. The summed E-state index contributed by atoms with van der Waals surface area (Å²) in [7, 11) is -3.62. The lowest BCUT2D eigenvalue weighted by molar-refractivity contribution is 0.171. The Labute approximate surface area is 146 Å². The van der Waals surface area contributed by atoms with Crippen LogP contribution >= 0.6 is 15.9 Å². The Kier molecular flexibility index (Phi) is 3.73. The summed E-state index contributed by atoms with van der Waals surface area (Å²) >= 11 is 3.40. The van der Waals surface area contributed by atoms with E-state index in [1.165, 1.54) is 0 Å². The maximum Gasteiger partial charge on any atom is 0.226 e. The van der Waals surface area contributed by atoms with Gasteiger partial charge in [0.25, 0.3) is 0 Å². The zero-order chi connectivity index (χ0) is 16.7. The zero-order valence-corrected chi connectivity index (χ0v) is 14.9. The summed E-state index contributed by atoms with van der Waals surface area (Å²) in [4.78, 5) is 7.05. The van der Waals surface area contributed by atoms with Gasteiger partial charge < -0.3 is 14.5 Å². The number of fused-ring (bicyclic) bond motifs is 2. The number of hydrogen-bond donors (Lipinski definition) is 1. The van der Waals surface area contributed by atoms with Crippen LogP contribution < -0.4 is 9.47 Å². The van der Waals surface area contributed by atoms with E-state index >= 15 is 0 Å². The molecule has 124 valence electrons. The van der Waals surface area contributed by atoms with Crippen molar-refractivity contribution in [3.05, 3.63) is 46.4 Å². The van der Waals surface area contributed by atoms with Crippen molar-refractivity contribution in [1.29, 1.82) is 0 Å². The number of benzene rings is 2. The van der Waals surface area contributed by atoms with Crippen molar-refractivity contribution >= 4 is 36.8 Å². The molecule has 0 spiro atoms. The number of rotatable bonds is 3. The van der Waals surface area contributed by atoms with Crippen molar-refractivity contribution in [3.63, 3.8) is 0 Å². The molecule has 6 nitrogen and oxygen atoms in total. The minimum absolute atomic E-state index is 0.0366. The Morgan fingerprint density at radius 1 is 1.12 bits per heavy atom. The molecule has 0 atom stereocenters. The SMILES string of the molecule is O=S(=O)(Cc1cc2c(cc1Br)OCCO2)c1nc2ccccc2[nH]1. The number of nitrogens with zero attached hydrogens (tertiary/aromatic N) is 1. The van der Waals surface area contributed by atoms with Gasteiger partial charge >= 0.3 is 0 Å². The van der Waals surface area contributed by atoms with Crippen LogP contribution in [0.25, 0.3) is 11.0 Å². The van der Waals surface area contributed by atoms with Crippen LogP contribution in [0.15, 0.2) is 46.0 Å². The first-order chi connectivity index (χ1) is 11.5. The minimum Gasteiger partial charge on any atom is -0.486 e. The maximum absolute atomic E-state index is 12.7. The van der Waals surface area contributed by atoms with Crippen molar-refractivity contribution in [3.8, 4) is 11.5 Å². The quantitative estimate of drug-likeness (QED) is 0.719. The number of halogens is 1. The van der Waals surface area contributed by atoms with Crippen LogP contribution in [0.4, 0.5) is 0 Å². The number of ether oxygens (including phenoxy) is 2. The number of aromatic nitrogens is 2. The van der Waals surface area contributed by atoms with Crippen LogP contribution in [0.3, 0.4) is 0 Å². The molecule has 0 fully saturated rings. The molecule has 2 heterocycles. The number of H-pyrrole nitrogens is 1. The molecular formula is C16H13BrN2O4S. The fraction of sp³-hybridized carbons (Fsp3) is 0.188. The van der Waals surface area contributed by atoms with Gasteiger partial charge in [0.15, 0.2) is 11.5 Å². The molecule has 0 saturated carbocycles. The lowest BCUT2D eigenvalue weighted by Gasteiger charge is -2.19. The summed E-state index contributed by atoms with van der Waals surface area (Å²) in [5.41, 5.74) is 1.91. The second kappa shape index (κ2) is 5.78. The van der Waals surface area contributed by atoms with Crippen LogP contribution in [0.2, 0.25) is 0 Å². The van der Waals surface area contributed by atoms with Crippen molar-refractivity contribution in [2.45, 2.75) is 10.9 Å². The second-order valence-corrected chi connectivity index (χ2v) is 8.16. The lowest BCUT2D eigenvalue weighted by Crippen LogP contribution is -2.16. The zero-order valence-electron chi connectivity index (χ0n) is 12.5. The van der Waals surface area contributed by atoms with Crippen LogP contribution in [0, 0.1) is 0 Å². The number of nitrogens with one attached hydrogen (secondary N) is 1. The van der Waals surface area contributed by atoms with Crippen molar-refractivity contribution in [1.82, 2.24) is 9.97 Å². The van der Waals surface area contributed by atoms with E-state index in [1.807, 2.05) is 12.1 Å². The van der Waals surface area contributed by atoms with Gasteiger partial charge in [-0.15, -0.1) is 0 Å². The number of hydrogen-bond acceptors (Lipinski definition) is 5. The third-order valence-electron chi connectivity index (χ3n) is 3.72. The molecule has 2 aromatic carbocycles. The van der Waals surface area contributed by atoms with Gasteiger partial charge in [-0.2, -0.15) is 0 Å². The average Bonchev–Trinajstić information content (AvgIpc) is 3.00. The topological polar surface area (TPSA) is 81.3 Å². The number of aromatic amines is 1. The summed E-state index contributed by atoms with van der Waals surface area (Å²) in [6.07, 6.45) is 0. The first-order valence-electron chi connectivity index (χ1n) is 7.28. The van der Waals surface area contributed by atoms with Crippen molar-refractivity contribution in [2.75, 3.05) is 13.2 Å². The third-order valence-corrected chi connectivity index (χ3v) is 5.93. The maximum atomic E-state index is 12.7. The molecule has 1 aromatic heterocycles. The smallest absolute Gasteiger partial charge is 0.226 e. The van der Waals surface area contributed by atoms with Gasteiger partial charge in [-0.25, -0.2) is 13.4 Å². The minimum atomic E-state index is -3.62. The molecule has 1 aliphatic rings. The first kappa shape index (κ1) is 15.5. The normalized spacial score (nSPS) is 14.0. The summed E-state index contributed by atoms with van der Waals surface area (Å²) < 4.78 is 37.1. The molecule has 0 amide bonds.